The largest absolute Gasteiger partial charge is 0.385 e. The van der Waals surface area contributed by atoms with Crippen molar-refractivity contribution in [2.75, 3.05) is 6.54 Å². The molecule has 0 aliphatic heterocycles. The van der Waals surface area contributed by atoms with Gasteiger partial charge in [-0.25, -0.2) is 0 Å². The smallest absolute Gasteiger partial charge is 0.0880 e. The molecule has 0 saturated heterocycles. The average Bonchev–Trinajstić information content (AvgIpc) is 2.47. The number of thioether (sulfide) groups is 1. The molecule has 0 bridgehead atoms. The van der Waals surface area contributed by atoms with Gasteiger partial charge in [0.1, 0.15) is 0 Å². The lowest BCUT2D eigenvalue weighted by molar-refractivity contribution is 0.0504. The Kier molecular flexibility index (Phi) is 6.18. The van der Waals surface area contributed by atoms with E-state index in [1.165, 1.54) is 0 Å². The van der Waals surface area contributed by atoms with Crippen LogP contribution in [0.1, 0.15) is 24.5 Å². The van der Waals surface area contributed by atoms with Crippen LogP contribution >= 0.6 is 35.0 Å². The van der Waals surface area contributed by atoms with Crippen LogP contribution in [0.4, 0.5) is 0 Å². The molecule has 2 rings (SSSR count). The Labute approximate surface area is 145 Å². The molecule has 5 heteroatoms. The van der Waals surface area contributed by atoms with Gasteiger partial charge < -0.3 is 10.8 Å². The standard InChI is InChI=1S/C17H19Cl2NOS/c1-17(21,8-9-20)13-3-6-15(7-4-13)22-11-12-2-5-14(18)10-16(12)19/h2-7,10,21H,8-9,11,20H2,1H3. The summed E-state index contributed by atoms with van der Waals surface area (Å²) in [5.41, 5.74) is 6.59. The summed E-state index contributed by atoms with van der Waals surface area (Å²) in [4.78, 5) is 1.12. The molecule has 2 aromatic rings. The van der Waals surface area contributed by atoms with Gasteiger partial charge in [-0.05, 0) is 55.3 Å². The zero-order valence-corrected chi connectivity index (χ0v) is 14.7. The van der Waals surface area contributed by atoms with Crippen LogP contribution in [-0.2, 0) is 11.4 Å². The zero-order valence-electron chi connectivity index (χ0n) is 12.4. The third-order valence-electron chi connectivity index (χ3n) is 3.52. The molecule has 1 unspecified atom stereocenters. The third-order valence-corrected chi connectivity index (χ3v) is 5.16. The normalized spacial score (nSPS) is 13.9. The summed E-state index contributed by atoms with van der Waals surface area (Å²) >= 11 is 13.8. The number of nitrogens with two attached hydrogens (primary N) is 1. The first kappa shape index (κ1) is 17.6. The van der Waals surface area contributed by atoms with Gasteiger partial charge in [-0.3, -0.25) is 0 Å². The summed E-state index contributed by atoms with van der Waals surface area (Å²) in [6, 6.07) is 13.5. The highest BCUT2D eigenvalue weighted by atomic mass is 35.5. The van der Waals surface area contributed by atoms with Crippen LogP contribution in [0.5, 0.6) is 0 Å². The summed E-state index contributed by atoms with van der Waals surface area (Å²) in [5, 5.41) is 11.7. The fraction of sp³-hybridized carbons (Fsp3) is 0.294. The van der Waals surface area contributed by atoms with Crippen molar-refractivity contribution in [2.24, 2.45) is 5.73 Å². The van der Waals surface area contributed by atoms with Crippen molar-refractivity contribution in [3.05, 3.63) is 63.6 Å². The van der Waals surface area contributed by atoms with Gasteiger partial charge in [-0.1, -0.05) is 41.4 Å². The van der Waals surface area contributed by atoms with Crippen molar-refractivity contribution < 1.29 is 5.11 Å². The number of hydrogen-bond donors (Lipinski definition) is 2. The van der Waals surface area contributed by atoms with E-state index in [9.17, 15) is 5.11 Å². The van der Waals surface area contributed by atoms with E-state index in [-0.39, 0.29) is 0 Å². The summed E-state index contributed by atoms with van der Waals surface area (Å²) in [7, 11) is 0. The Morgan fingerprint density at radius 1 is 1.14 bits per heavy atom. The predicted octanol–water partition coefficient (Wildman–Crippen LogP) is 4.84. The van der Waals surface area contributed by atoms with Gasteiger partial charge in [0.2, 0.25) is 0 Å². The van der Waals surface area contributed by atoms with Crippen molar-refractivity contribution in [1.82, 2.24) is 0 Å². The van der Waals surface area contributed by atoms with Crippen molar-refractivity contribution in [2.45, 2.75) is 29.6 Å². The number of halogens is 2. The summed E-state index contributed by atoms with van der Waals surface area (Å²) in [6.07, 6.45) is 0.542. The molecule has 0 aliphatic rings. The van der Waals surface area contributed by atoms with Gasteiger partial charge in [-0.15, -0.1) is 11.8 Å². The fourth-order valence-corrected chi connectivity index (χ4v) is 3.59. The molecule has 0 heterocycles. The molecule has 0 saturated carbocycles. The Balaban J connectivity index is 2.02. The molecule has 0 amide bonds. The predicted molar refractivity (Wildman–Crippen MR) is 95.7 cm³/mol. The fourth-order valence-electron chi connectivity index (χ4n) is 2.14. The second kappa shape index (κ2) is 7.71. The molecule has 118 valence electrons. The molecule has 3 N–H and O–H groups in total. The molecule has 2 nitrogen and oxygen atoms in total. The van der Waals surface area contributed by atoms with Crippen LogP contribution in [0.15, 0.2) is 47.4 Å². The molecule has 0 spiro atoms. The minimum atomic E-state index is -0.878. The van der Waals surface area contributed by atoms with Gasteiger partial charge in [0, 0.05) is 20.7 Å². The monoisotopic (exact) mass is 355 g/mol. The van der Waals surface area contributed by atoms with Gasteiger partial charge in [0.25, 0.3) is 0 Å². The van der Waals surface area contributed by atoms with Crippen molar-refractivity contribution >= 4 is 35.0 Å². The number of aliphatic hydroxyl groups is 1. The maximum absolute atomic E-state index is 10.3. The topological polar surface area (TPSA) is 46.2 Å². The molecular formula is C17H19Cl2NOS. The van der Waals surface area contributed by atoms with E-state index in [2.05, 4.69) is 0 Å². The number of rotatable bonds is 6. The molecule has 2 aromatic carbocycles. The Bertz CT molecular complexity index is 629. The van der Waals surface area contributed by atoms with E-state index in [0.717, 1.165) is 21.8 Å². The van der Waals surface area contributed by atoms with Crippen LogP contribution in [0.3, 0.4) is 0 Å². The molecule has 0 aromatic heterocycles. The van der Waals surface area contributed by atoms with Crippen LogP contribution < -0.4 is 5.73 Å². The van der Waals surface area contributed by atoms with Crippen LogP contribution in [0, 0.1) is 0 Å². The summed E-state index contributed by atoms with van der Waals surface area (Å²) in [5.74, 6) is 0.772. The van der Waals surface area contributed by atoms with E-state index in [0.29, 0.717) is 23.0 Å². The Morgan fingerprint density at radius 2 is 1.82 bits per heavy atom. The molecule has 1 atom stereocenters. The van der Waals surface area contributed by atoms with Crippen molar-refractivity contribution in [1.29, 1.82) is 0 Å². The van der Waals surface area contributed by atoms with E-state index in [4.69, 9.17) is 28.9 Å². The summed E-state index contributed by atoms with van der Waals surface area (Å²) in [6.45, 7) is 2.24. The van der Waals surface area contributed by atoms with Gasteiger partial charge in [0.05, 0.1) is 5.60 Å². The van der Waals surface area contributed by atoms with Gasteiger partial charge in [-0.2, -0.15) is 0 Å². The number of hydrogen-bond acceptors (Lipinski definition) is 3. The Morgan fingerprint density at radius 3 is 2.41 bits per heavy atom. The molecule has 0 fully saturated rings. The minimum absolute atomic E-state index is 0.457. The Hall–Kier alpha value is -0.710. The van der Waals surface area contributed by atoms with E-state index < -0.39 is 5.60 Å². The van der Waals surface area contributed by atoms with Gasteiger partial charge in [0.15, 0.2) is 0 Å². The lowest BCUT2D eigenvalue weighted by Crippen LogP contribution is -2.24. The summed E-state index contributed by atoms with van der Waals surface area (Å²) < 4.78 is 0. The second-order valence-electron chi connectivity index (χ2n) is 5.36. The highest BCUT2D eigenvalue weighted by Crippen LogP contribution is 2.30. The van der Waals surface area contributed by atoms with E-state index in [1.54, 1.807) is 24.8 Å². The van der Waals surface area contributed by atoms with Crippen molar-refractivity contribution in [3.8, 4) is 0 Å². The molecule has 0 radical (unpaired) electrons. The third kappa shape index (κ3) is 4.64. The van der Waals surface area contributed by atoms with Crippen LogP contribution in [0.25, 0.3) is 0 Å². The van der Waals surface area contributed by atoms with Crippen molar-refractivity contribution in [3.63, 3.8) is 0 Å². The van der Waals surface area contributed by atoms with Crippen LogP contribution in [0.2, 0.25) is 10.0 Å². The first-order chi connectivity index (χ1) is 10.4. The first-order valence-corrected chi connectivity index (χ1v) is 8.76. The molecular weight excluding hydrogens is 337 g/mol. The lowest BCUT2D eigenvalue weighted by Gasteiger charge is -2.23. The van der Waals surface area contributed by atoms with Crippen LogP contribution in [-0.4, -0.2) is 11.7 Å². The highest BCUT2D eigenvalue weighted by Gasteiger charge is 2.21. The molecule has 22 heavy (non-hydrogen) atoms. The first-order valence-electron chi connectivity index (χ1n) is 7.02. The second-order valence-corrected chi connectivity index (χ2v) is 7.25. The quantitative estimate of drug-likeness (QED) is 0.728. The van der Waals surface area contributed by atoms with Gasteiger partial charge >= 0.3 is 0 Å². The zero-order chi connectivity index (χ0) is 16.2. The number of benzene rings is 2. The maximum Gasteiger partial charge on any atom is 0.0880 e. The molecule has 0 aliphatic carbocycles. The average molecular weight is 356 g/mol. The van der Waals surface area contributed by atoms with E-state index in [1.807, 2.05) is 36.4 Å². The highest BCUT2D eigenvalue weighted by molar-refractivity contribution is 7.98. The maximum atomic E-state index is 10.3. The SMILES string of the molecule is CC(O)(CCN)c1ccc(SCc2ccc(Cl)cc2Cl)cc1. The lowest BCUT2D eigenvalue weighted by atomic mass is 9.93. The minimum Gasteiger partial charge on any atom is -0.385 e. The van der Waals surface area contributed by atoms with E-state index >= 15 is 0 Å².